The molecular formula is C21H31N3O4. The van der Waals surface area contributed by atoms with Gasteiger partial charge in [0, 0.05) is 13.0 Å². The molecule has 0 saturated carbocycles. The third kappa shape index (κ3) is 8.08. The number of hydrogen-bond donors (Lipinski definition) is 2. The van der Waals surface area contributed by atoms with Crippen molar-refractivity contribution in [3.8, 4) is 0 Å². The number of anilines is 1. The third-order valence-corrected chi connectivity index (χ3v) is 4.69. The molecule has 1 saturated heterocycles. The Balaban J connectivity index is 1.89. The predicted octanol–water partition coefficient (Wildman–Crippen LogP) is 3.65. The summed E-state index contributed by atoms with van der Waals surface area (Å²) in [5.41, 5.74) is 5.26. The van der Waals surface area contributed by atoms with Gasteiger partial charge in [-0.2, -0.15) is 5.10 Å². The fourth-order valence-electron chi connectivity index (χ4n) is 3.18. The standard InChI is InChI=1S/C21H31N3O4/c1-2-28-21(27)19(8-4-5-9-20(25)26)23-22-18-12-10-17(11-13-18)16-24-14-6-3-7-15-24/h10-13,22H,2-9,14-16H2,1H3,(H,25,26)/b23-19-. The first kappa shape index (κ1) is 21.9. The van der Waals surface area contributed by atoms with Crippen molar-refractivity contribution >= 4 is 23.3 Å². The summed E-state index contributed by atoms with van der Waals surface area (Å²) in [5.74, 6) is -1.30. The molecule has 154 valence electrons. The zero-order chi connectivity index (χ0) is 20.2. The van der Waals surface area contributed by atoms with Gasteiger partial charge in [-0.1, -0.05) is 18.6 Å². The average molecular weight is 389 g/mol. The molecule has 0 bridgehead atoms. The summed E-state index contributed by atoms with van der Waals surface area (Å²) in [7, 11) is 0. The molecule has 2 N–H and O–H groups in total. The molecule has 28 heavy (non-hydrogen) atoms. The molecule has 1 aliphatic rings. The first-order valence-electron chi connectivity index (χ1n) is 10.1. The molecule has 1 aromatic carbocycles. The number of esters is 1. The van der Waals surface area contributed by atoms with Crippen LogP contribution < -0.4 is 5.43 Å². The highest BCUT2D eigenvalue weighted by Gasteiger charge is 2.13. The van der Waals surface area contributed by atoms with Gasteiger partial charge < -0.3 is 9.84 Å². The minimum atomic E-state index is -0.836. The fraction of sp³-hybridized carbons (Fsp3) is 0.571. The summed E-state index contributed by atoms with van der Waals surface area (Å²) in [6.07, 6.45) is 5.42. The Labute approximate surface area is 166 Å². The topological polar surface area (TPSA) is 91.2 Å². The summed E-state index contributed by atoms with van der Waals surface area (Å²) in [4.78, 5) is 25.1. The zero-order valence-electron chi connectivity index (χ0n) is 16.7. The second-order valence-electron chi connectivity index (χ2n) is 7.03. The number of carboxylic acid groups (broad SMARTS) is 1. The molecular weight excluding hydrogens is 358 g/mol. The normalized spacial score (nSPS) is 15.2. The Hall–Kier alpha value is -2.41. The van der Waals surface area contributed by atoms with Crippen molar-refractivity contribution < 1.29 is 19.4 Å². The first-order chi connectivity index (χ1) is 13.6. The number of benzene rings is 1. The van der Waals surface area contributed by atoms with Crippen molar-refractivity contribution in [3.63, 3.8) is 0 Å². The molecule has 1 aromatic rings. The number of nitrogens with one attached hydrogen (secondary N) is 1. The van der Waals surface area contributed by atoms with Gasteiger partial charge in [-0.05, 0) is 69.8 Å². The lowest BCUT2D eigenvalue weighted by molar-refractivity contribution is -0.137. The van der Waals surface area contributed by atoms with Gasteiger partial charge in [-0.15, -0.1) is 0 Å². The monoisotopic (exact) mass is 389 g/mol. The summed E-state index contributed by atoms with van der Waals surface area (Å²) in [5, 5.41) is 12.9. The number of likely N-dealkylation sites (tertiary alicyclic amines) is 1. The number of rotatable bonds is 11. The van der Waals surface area contributed by atoms with Crippen molar-refractivity contribution in [3.05, 3.63) is 29.8 Å². The van der Waals surface area contributed by atoms with Crippen LogP contribution in [0, 0.1) is 0 Å². The van der Waals surface area contributed by atoms with Crippen molar-refractivity contribution in [1.29, 1.82) is 0 Å². The Morgan fingerprint density at radius 3 is 2.43 bits per heavy atom. The van der Waals surface area contributed by atoms with Crippen LogP contribution >= 0.6 is 0 Å². The van der Waals surface area contributed by atoms with Crippen molar-refractivity contribution in [2.75, 3.05) is 25.1 Å². The maximum Gasteiger partial charge on any atom is 0.354 e. The van der Waals surface area contributed by atoms with Crippen LogP contribution in [0.5, 0.6) is 0 Å². The number of unbranched alkanes of at least 4 members (excludes halogenated alkanes) is 1. The highest BCUT2D eigenvalue weighted by molar-refractivity contribution is 6.36. The van der Waals surface area contributed by atoms with Gasteiger partial charge in [0.25, 0.3) is 0 Å². The number of ether oxygens (including phenoxy) is 1. The molecule has 7 nitrogen and oxygen atoms in total. The van der Waals surface area contributed by atoms with E-state index in [1.54, 1.807) is 6.92 Å². The molecule has 1 aliphatic heterocycles. The van der Waals surface area contributed by atoms with Gasteiger partial charge in [0.1, 0.15) is 5.71 Å². The van der Waals surface area contributed by atoms with Crippen LogP contribution in [0.4, 0.5) is 5.69 Å². The van der Waals surface area contributed by atoms with Crippen molar-refractivity contribution in [2.45, 2.75) is 58.4 Å². The minimum Gasteiger partial charge on any atom is -0.481 e. The van der Waals surface area contributed by atoms with Crippen LogP contribution in [0.15, 0.2) is 29.4 Å². The summed E-state index contributed by atoms with van der Waals surface area (Å²) < 4.78 is 5.04. The van der Waals surface area contributed by atoms with Gasteiger partial charge >= 0.3 is 11.9 Å². The van der Waals surface area contributed by atoms with Crippen LogP contribution in [-0.4, -0.2) is 47.4 Å². The predicted molar refractivity (Wildman–Crippen MR) is 109 cm³/mol. The quantitative estimate of drug-likeness (QED) is 0.260. The van der Waals surface area contributed by atoms with E-state index in [1.807, 2.05) is 12.1 Å². The van der Waals surface area contributed by atoms with Crippen LogP contribution in [0.25, 0.3) is 0 Å². The lowest BCUT2D eigenvalue weighted by Gasteiger charge is -2.26. The molecule has 0 radical (unpaired) electrons. The zero-order valence-corrected chi connectivity index (χ0v) is 16.7. The van der Waals surface area contributed by atoms with Crippen molar-refractivity contribution in [1.82, 2.24) is 4.90 Å². The molecule has 1 fully saturated rings. The Kier molecular flexibility index (Phi) is 9.48. The number of carboxylic acids is 1. The van der Waals surface area contributed by atoms with Crippen LogP contribution in [-0.2, 0) is 20.9 Å². The number of hydrogen-bond acceptors (Lipinski definition) is 6. The Morgan fingerprint density at radius 2 is 1.79 bits per heavy atom. The number of carbonyl (C=O) groups excluding carboxylic acids is 1. The number of hydrazone groups is 1. The molecule has 7 heteroatoms. The first-order valence-corrected chi connectivity index (χ1v) is 10.1. The fourth-order valence-corrected chi connectivity index (χ4v) is 3.18. The lowest BCUT2D eigenvalue weighted by Crippen LogP contribution is -2.29. The van der Waals surface area contributed by atoms with Crippen molar-refractivity contribution in [2.24, 2.45) is 5.10 Å². The third-order valence-electron chi connectivity index (χ3n) is 4.69. The molecule has 0 unspecified atom stereocenters. The van der Waals surface area contributed by atoms with Gasteiger partial charge in [-0.3, -0.25) is 15.1 Å². The lowest BCUT2D eigenvalue weighted by atomic mass is 10.1. The summed E-state index contributed by atoms with van der Waals surface area (Å²) in [6, 6.07) is 8.05. The van der Waals surface area contributed by atoms with Crippen LogP contribution in [0.1, 0.15) is 57.4 Å². The minimum absolute atomic E-state index is 0.0853. The van der Waals surface area contributed by atoms with E-state index in [1.165, 1.54) is 24.8 Å². The van der Waals surface area contributed by atoms with E-state index in [0.29, 0.717) is 19.3 Å². The highest BCUT2D eigenvalue weighted by atomic mass is 16.5. The van der Waals surface area contributed by atoms with E-state index in [0.717, 1.165) is 25.3 Å². The summed E-state index contributed by atoms with van der Waals surface area (Å²) >= 11 is 0. The highest BCUT2D eigenvalue weighted by Crippen LogP contribution is 2.15. The van der Waals surface area contributed by atoms with E-state index < -0.39 is 11.9 Å². The van der Waals surface area contributed by atoms with Gasteiger partial charge in [0.15, 0.2) is 0 Å². The second kappa shape index (κ2) is 12.1. The molecule has 0 aliphatic carbocycles. The molecule has 0 amide bonds. The van der Waals surface area contributed by atoms with E-state index >= 15 is 0 Å². The summed E-state index contributed by atoms with van der Waals surface area (Å²) in [6.45, 7) is 5.30. The van der Waals surface area contributed by atoms with Gasteiger partial charge in [-0.25, -0.2) is 4.79 Å². The van der Waals surface area contributed by atoms with Gasteiger partial charge in [0.05, 0.1) is 12.3 Å². The molecule has 0 aromatic heterocycles. The molecule has 2 rings (SSSR count). The number of nitrogens with zero attached hydrogens (tertiary/aromatic N) is 2. The van der Waals surface area contributed by atoms with Gasteiger partial charge in [0.2, 0.25) is 0 Å². The average Bonchev–Trinajstić information content (AvgIpc) is 2.69. The molecule has 0 atom stereocenters. The SMILES string of the molecule is CCOC(=O)/C(CCCCC(=O)O)=N\Nc1ccc(CN2CCCCC2)cc1. The van der Waals surface area contributed by atoms with E-state index in [4.69, 9.17) is 9.84 Å². The van der Waals surface area contributed by atoms with E-state index in [2.05, 4.69) is 27.6 Å². The van der Waals surface area contributed by atoms with Crippen LogP contribution in [0.2, 0.25) is 0 Å². The molecule has 0 spiro atoms. The maximum absolute atomic E-state index is 12.1. The number of carbonyl (C=O) groups is 2. The molecule has 1 heterocycles. The Bertz CT molecular complexity index is 652. The second-order valence-corrected chi connectivity index (χ2v) is 7.03. The number of piperidine rings is 1. The number of aliphatic carboxylic acids is 1. The smallest absolute Gasteiger partial charge is 0.354 e. The van der Waals surface area contributed by atoms with E-state index in [-0.39, 0.29) is 18.7 Å². The largest absolute Gasteiger partial charge is 0.481 e. The maximum atomic E-state index is 12.1. The van der Waals surface area contributed by atoms with E-state index in [9.17, 15) is 9.59 Å². The Morgan fingerprint density at radius 1 is 1.11 bits per heavy atom. The van der Waals surface area contributed by atoms with Crippen LogP contribution in [0.3, 0.4) is 0 Å².